The Morgan fingerprint density at radius 1 is 1.00 bits per heavy atom. The van der Waals surface area contributed by atoms with Crippen molar-refractivity contribution in [3.8, 4) is 0 Å². The van der Waals surface area contributed by atoms with Crippen LogP contribution in [0.5, 0.6) is 0 Å². The fourth-order valence-electron chi connectivity index (χ4n) is 0.317. The van der Waals surface area contributed by atoms with E-state index in [1.54, 1.807) is 0 Å². The SMILES string of the molecule is Cl.Cl.Nc1c[se]cc1N. The van der Waals surface area contributed by atoms with Gasteiger partial charge in [-0.1, -0.05) is 0 Å². The maximum absolute atomic E-state index is 5.36. The van der Waals surface area contributed by atoms with Crippen molar-refractivity contribution in [3.63, 3.8) is 0 Å². The second-order valence-electron chi connectivity index (χ2n) is 1.28. The molecular weight excluding hydrogens is 226 g/mol. The van der Waals surface area contributed by atoms with Crippen LogP contribution in [0.15, 0.2) is 9.88 Å². The number of nitrogens with two attached hydrogens (primary N) is 2. The monoisotopic (exact) mass is 234 g/mol. The Hall–Kier alpha value is 0.179. The Balaban J connectivity index is 0. The van der Waals surface area contributed by atoms with Crippen LogP contribution in [0.25, 0.3) is 0 Å². The molecule has 1 rings (SSSR count). The van der Waals surface area contributed by atoms with Gasteiger partial charge in [-0.05, 0) is 0 Å². The van der Waals surface area contributed by atoms with E-state index in [-0.39, 0.29) is 24.8 Å². The van der Waals surface area contributed by atoms with Gasteiger partial charge in [0.15, 0.2) is 0 Å². The third kappa shape index (κ3) is 3.01. The Morgan fingerprint density at radius 3 is 1.44 bits per heavy atom. The minimum absolute atomic E-state index is 0. The van der Waals surface area contributed by atoms with Gasteiger partial charge in [-0.15, -0.1) is 24.8 Å². The van der Waals surface area contributed by atoms with Crippen LogP contribution in [-0.4, -0.2) is 14.5 Å². The molecule has 0 saturated carbocycles. The number of hydrogen-bond donors (Lipinski definition) is 2. The summed E-state index contributed by atoms with van der Waals surface area (Å²) in [6.07, 6.45) is 0. The zero-order valence-corrected chi connectivity index (χ0v) is 7.88. The van der Waals surface area contributed by atoms with E-state index >= 15 is 0 Å². The molecule has 1 aromatic rings. The average molecular weight is 234 g/mol. The summed E-state index contributed by atoms with van der Waals surface area (Å²) in [6, 6.07) is 0. The summed E-state index contributed by atoms with van der Waals surface area (Å²) in [4.78, 5) is 3.92. The number of hydrogen-bond acceptors (Lipinski definition) is 2. The summed E-state index contributed by atoms with van der Waals surface area (Å²) >= 11 is 0.439. The summed E-state index contributed by atoms with van der Waals surface area (Å²) in [5, 5.41) is 0. The summed E-state index contributed by atoms with van der Waals surface area (Å²) < 4.78 is 0. The molecule has 0 fully saturated rings. The first kappa shape index (κ1) is 11.9. The molecule has 2 nitrogen and oxygen atoms in total. The molecule has 0 unspecified atom stereocenters. The van der Waals surface area contributed by atoms with E-state index in [1.807, 2.05) is 9.88 Å². The van der Waals surface area contributed by atoms with E-state index in [0.29, 0.717) is 14.5 Å². The molecule has 0 radical (unpaired) electrons. The van der Waals surface area contributed by atoms with Crippen LogP contribution in [0, 0.1) is 0 Å². The van der Waals surface area contributed by atoms with Crippen LogP contribution in [0.4, 0.5) is 11.4 Å². The topological polar surface area (TPSA) is 52.0 Å². The predicted octanol–water partition coefficient (Wildman–Crippen LogP) is 0.752. The van der Waals surface area contributed by atoms with Crippen molar-refractivity contribution in [3.05, 3.63) is 9.88 Å². The second kappa shape index (κ2) is 5.00. The molecule has 1 aromatic heterocycles. The van der Waals surface area contributed by atoms with E-state index in [1.165, 1.54) is 0 Å². The van der Waals surface area contributed by atoms with Crippen LogP contribution in [0.2, 0.25) is 0 Å². The van der Waals surface area contributed by atoms with Gasteiger partial charge in [0, 0.05) is 0 Å². The van der Waals surface area contributed by atoms with Gasteiger partial charge >= 0.3 is 47.2 Å². The first-order valence-electron chi connectivity index (χ1n) is 1.88. The van der Waals surface area contributed by atoms with Crippen LogP contribution < -0.4 is 11.5 Å². The van der Waals surface area contributed by atoms with Gasteiger partial charge in [0.25, 0.3) is 0 Å². The summed E-state index contributed by atoms with van der Waals surface area (Å²) in [5.74, 6) is 0. The van der Waals surface area contributed by atoms with Crippen molar-refractivity contribution in [1.82, 2.24) is 0 Å². The zero-order chi connectivity index (χ0) is 5.28. The summed E-state index contributed by atoms with van der Waals surface area (Å²) in [5.41, 5.74) is 12.2. The van der Waals surface area contributed by atoms with Crippen LogP contribution in [-0.2, 0) is 0 Å². The number of rotatable bonds is 0. The van der Waals surface area contributed by atoms with Gasteiger partial charge in [0.05, 0.1) is 0 Å². The third-order valence-electron chi connectivity index (χ3n) is 0.723. The molecule has 0 aromatic carbocycles. The van der Waals surface area contributed by atoms with Crippen molar-refractivity contribution in [2.45, 2.75) is 0 Å². The van der Waals surface area contributed by atoms with Crippen molar-refractivity contribution < 1.29 is 0 Å². The summed E-state index contributed by atoms with van der Waals surface area (Å²) in [7, 11) is 0. The Bertz CT molecular complexity index is 149. The van der Waals surface area contributed by atoms with E-state index in [0.717, 1.165) is 11.4 Å². The first-order valence-corrected chi connectivity index (χ1v) is 3.85. The number of halogens is 2. The molecule has 54 valence electrons. The molecule has 0 aliphatic heterocycles. The van der Waals surface area contributed by atoms with Crippen LogP contribution in [0.3, 0.4) is 0 Å². The van der Waals surface area contributed by atoms with E-state index in [2.05, 4.69) is 0 Å². The molecule has 4 N–H and O–H groups in total. The van der Waals surface area contributed by atoms with Crippen LogP contribution >= 0.6 is 24.8 Å². The fraction of sp³-hybridized carbons (Fsp3) is 0. The number of anilines is 2. The molecule has 0 aliphatic carbocycles. The Labute approximate surface area is 72.2 Å². The molecule has 0 saturated heterocycles. The second-order valence-corrected chi connectivity index (χ2v) is 2.84. The Morgan fingerprint density at radius 2 is 1.33 bits per heavy atom. The predicted molar refractivity (Wildman–Crippen MR) is 46.7 cm³/mol. The molecule has 1 heterocycles. The molecule has 0 bridgehead atoms. The molecule has 5 heteroatoms. The van der Waals surface area contributed by atoms with Gasteiger partial charge in [-0.2, -0.15) is 0 Å². The summed E-state index contributed by atoms with van der Waals surface area (Å²) in [6.45, 7) is 0. The molecule has 0 aliphatic rings. The van der Waals surface area contributed by atoms with E-state index in [9.17, 15) is 0 Å². The average Bonchev–Trinajstić information content (AvgIpc) is 1.91. The molecule has 0 spiro atoms. The Kier molecular flexibility index (Phi) is 6.62. The standard InChI is InChI=1S/C4H6N2Se.2ClH/c5-3-1-7-2-4(3)6;;/h1-2H,5-6H2;2*1H. The first-order chi connectivity index (χ1) is 3.30. The van der Waals surface area contributed by atoms with Gasteiger partial charge in [-0.25, -0.2) is 0 Å². The zero-order valence-electron chi connectivity index (χ0n) is 4.53. The van der Waals surface area contributed by atoms with Gasteiger partial charge < -0.3 is 0 Å². The molecule has 0 amide bonds. The van der Waals surface area contributed by atoms with Crippen molar-refractivity contribution in [1.29, 1.82) is 0 Å². The van der Waals surface area contributed by atoms with E-state index < -0.39 is 0 Å². The minimum atomic E-state index is 0. The van der Waals surface area contributed by atoms with Crippen molar-refractivity contribution in [2.75, 3.05) is 11.5 Å². The number of nitrogen functional groups attached to an aromatic ring is 2. The third-order valence-corrected chi connectivity index (χ3v) is 2.36. The van der Waals surface area contributed by atoms with Crippen LogP contribution in [0.1, 0.15) is 0 Å². The van der Waals surface area contributed by atoms with E-state index in [4.69, 9.17) is 11.5 Å². The molecular formula is C4H8Cl2N2Se. The maximum atomic E-state index is 5.36. The van der Waals surface area contributed by atoms with Gasteiger partial charge in [0.2, 0.25) is 0 Å². The molecule has 0 atom stereocenters. The van der Waals surface area contributed by atoms with Crippen molar-refractivity contribution >= 4 is 50.7 Å². The van der Waals surface area contributed by atoms with Gasteiger partial charge in [0.1, 0.15) is 0 Å². The molecule has 9 heavy (non-hydrogen) atoms. The van der Waals surface area contributed by atoms with Gasteiger partial charge in [-0.3, -0.25) is 0 Å². The quantitative estimate of drug-likeness (QED) is 0.651. The fourth-order valence-corrected chi connectivity index (χ4v) is 1.65. The normalized spacial score (nSPS) is 7.11. The van der Waals surface area contributed by atoms with Crippen molar-refractivity contribution in [2.24, 2.45) is 0 Å².